The van der Waals surface area contributed by atoms with Gasteiger partial charge in [0.1, 0.15) is 10.8 Å². The normalized spacial score (nSPS) is 20.1. The van der Waals surface area contributed by atoms with E-state index in [1.807, 2.05) is 4.90 Å². The van der Waals surface area contributed by atoms with Crippen molar-refractivity contribution in [2.45, 2.75) is 57.0 Å². The van der Waals surface area contributed by atoms with E-state index in [-0.39, 0.29) is 18.5 Å². The van der Waals surface area contributed by atoms with Crippen molar-refractivity contribution in [1.29, 1.82) is 0 Å². The molecular weight excluding hydrogens is 536 g/mol. The Hall–Kier alpha value is -2.12. The highest BCUT2D eigenvalue weighted by Crippen LogP contribution is 2.37. The minimum atomic E-state index is -3.76. The number of nitrogens with zero attached hydrogens (tertiary/aromatic N) is 6. The van der Waals surface area contributed by atoms with Crippen molar-refractivity contribution in [2.24, 2.45) is 5.92 Å². The molecule has 0 unspecified atom stereocenters. The number of methoxy groups -OCH3 is 1. The first-order valence-corrected chi connectivity index (χ1v) is 16.1. The van der Waals surface area contributed by atoms with Gasteiger partial charge in [-0.15, -0.1) is 10.2 Å². The molecule has 1 aliphatic carbocycles. The summed E-state index contributed by atoms with van der Waals surface area (Å²) < 4.78 is 34.4. The van der Waals surface area contributed by atoms with Gasteiger partial charge in [0.25, 0.3) is 5.91 Å². The Bertz CT molecular complexity index is 1260. The number of carbonyl (C=O) groups excluding carboxylic acids is 1. The van der Waals surface area contributed by atoms with Gasteiger partial charge in [-0.1, -0.05) is 11.3 Å². The molecule has 2 saturated heterocycles. The predicted molar refractivity (Wildman–Crippen MR) is 151 cm³/mol. The fourth-order valence-electron chi connectivity index (χ4n) is 5.74. The Labute approximate surface area is 236 Å². The molecule has 0 N–H and O–H groups in total. The molecule has 0 spiro atoms. The number of piperidine rings is 1. The molecule has 0 atom stereocenters. The van der Waals surface area contributed by atoms with Gasteiger partial charge in [-0.3, -0.25) is 9.69 Å². The molecule has 0 bridgehead atoms. The molecule has 1 aromatic heterocycles. The molecule has 1 aromatic carbocycles. The summed E-state index contributed by atoms with van der Waals surface area (Å²) in [7, 11) is -0.00405. The van der Waals surface area contributed by atoms with Crippen LogP contribution in [0.25, 0.3) is 0 Å². The lowest BCUT2D eigenvalue weighted by molar-refractivity contribution is 0.0593. The van der Waals surface area contributed by atoms with Gasteiger partial charge >= 0.3 is 0 Å². The van der Waals surface area contributed by atoms with Crippen LogP contribution < -0.4 is 4.74 Å². The van der Waals surface area contributed by atoms with Crippen LogP contribution in [0.3, 0.4) is 0 Å². The summed E-state index contributed by atoms with van der Waals surface area (Å²) in [6.45, 7) is 10.3. The highest BCUT2D eigenvalue weighted by atomic mass is 32.2. The van der Waals surface area contributed by atoms with Crippen molar-refractivity contribution in [3.05, 3.63) is 33.3 Å². The second-order valence-electron chi connectivity index (χ2n) is 11.2. The standard InChI is InChI=1S/C27H40N6O4S2/c1-19-15-23(37-4)16-20(2)25(19)39(35,36)33(22-5-6-22)18-24-28-29-26(38-24)27(34)32-13-11-31(12-14-32)17-21-7-9-30(3)10-8-21/h15-16,21-22H,5-14,17-18H2,1-4H3. The van der Waals surface area contributed by atoms with Crippen LogP contribution >= 0.6 is 11.3 Å². The highest BCUT2D eigenvalue weighted by Gasteiger charge is 2.40. The van der Waals surface area contributed by atoms with Crippen molar-refractivity contribution in [1.82, 2.24) is 29.2 Å². The van der Waals surface area contributed by atoms with Crippen LogP contribution in [0.2, 0.25) is 0 Å². The first-order valence-electron chi connectivity index (χ1n) is 13.9. The number of amides is 1. The quantitative estimate of drug-likeness (QED) is 0.449. The Morgan fingerprint density at radius 2 is 1.67 bits per heavy atom. The number of benzene rings is 1. The van der Waals surface area contributed by atoms with Crippen LogP contribution in [0.4, 0.5) is 0 Å². The average Bonchev–Trinajstić information content (AvgIpc) is 3.64. The van der Waals surface area contributed by atoms with Crippen LogP contribution in [0.1, 0.15) is 51.6 Å². The summed E-state index contributed by atoms with van der Waals surface area (Å²) in [5.41, 5.74) is 1.31. The topological polar surface area (TPSA) is 99.2 Å². The summed E-state index contributed by atoms with van der Waals surface area (Å²) in [5, 5.41) is 9.29. The van der Waals surface area contributed by atoms with E-state index in [0.717, 1.165) is 38.4 Å². The zero-order valence-electron chi connectivity index (χ0n) is 23.4. The van der Waals surface area contributed by atoms with E-state index >= 15 is 0 Å². The molecule has 2 aliphatic heterocycles. The number of aromatic nitrogens is 2. The summed E-state index contributed by atoms with van der Waals surface area (Å²) in [4.78, 5) is 20.3. The number of piperazine rings is 1. The third kappa shape index (κ3) is 6.45. The van der Waals surface area contributed by atoms with E-state index in [0.29, 0.717) is 44.9 Å². The van der Waals surface area contributed by atoms with E-state index < -0.39 is 10.0 Å². The first-order chi connectivity index (χ1) is 18.7. The number of carbonyl (C=O) groups is 1. The van der Waals surface area contributed by atoms with E-state index in [4.69, 9.17) is 4.74 Å². The van der Waals surface area contributed by atoms with Crippen LogP contribution in [-0.2, 0) is 16.6 Å². The van der Waals surface area contributed by atoms with E-state index in [1.54, 1.807) is 33.1 Å². The fraction of sp³-hybridized carbons (Fsp3) is 0.667. The number of hydrogen-bond acceptors (Lipinski definition) is 9. The van der Waals surface area contributed by atoms with E-state index in [9.17, 15) is 13.2 Å². The second-order valence-corrected chi connectivity index (χ2v) is 14.1. The van der Waals surface area contributed by atoms with E-state index in [2.05, 4.69) is 27.0 Å². The van der Waals surface area contributed by atoms with Crippen molar-refractivity contribution in [3.63, 3.8) is 0 Å². The maximum absolute atomic E-state index is 13.8. The molecule has 1 amide bonds. The lowest BCUT2D eigenvalue weighted by atomic mass is 9.96. The molecule has 214 valence electrons. The van der Waals surface area contributed by atoms with Gasteiger partial charge in [-0.25, -0.2) is 8.42 Å². The molecule has 3 fully saturated rings. The number of hydrogen-bond donors (Lipinski definition) is 0. The molecule has 10 nitrogen and oxygen atoms in total. The monoisotopic (exact) mass is 576 g/mol. The summed E-state index contributed by atoms with van der Waals surface area (Å²) in [6.07, 6.45) is 4.13. The lowest BCUT2D eigenvalue weighted by Crippen LogP contribution is -2.50. The third-order valence-corrected chi connectivity index (χ3v) is 11.2. The molecule has 39 heavy (non-hydrogen) atoms. The fourth-order valence-corrected chi connectivity index (χ4v) is 8.69. The third-order valence-electron chi connectivity index (χ3n) is 8.15. The molecule has 0 radical (unpaired) electrons. The summed E-state index contributed by atoms with van der Waals surface area (Å²) >= 11 is 1.21. The van der Waals surface area contributed by atoms with Crippen molar-refractivity contribution in [2.75, 3.05) is 60.0 Å². The summed E-state index contributed by atoms with van der Waals surface area (Å²) in [5.74, 6) is 1.27. The number of sulfonamides is 1. The number of likely N-dealkylation sites (tertiary alicyclic amines) is 1. The van der Waals surface area contributed by atoms with Gasteiger partial charge in [0, 0.05) is 38.8 Å². The van der Waals surface area contributed by atoms with Gasteiger partial charge in [-0.05, 0) is 88.8 Å². The molecule has 2 aromatic rings. The highest BCUT2D eigenvalue weighted by molar-refractivity contribution is 7.89. The van der Waals surface area contributed by atoms with Gasteiger partial charge in [0.05, 0.1) is 18.6 Å². The lowest BCUT2D eigenvalue weighted by Gasteiger charge is -2.38. The van der Waals surface area contributed by atoms with Gasteiger partial charge in [-0.2, -0.15) is 4.31 Å². The smallest absolute Gasteiger partial charge is 0.284 e. The largest absolute Gasteiger partial charge is 0.497 e. The number of aryl methyl sites for hydroxylation is 2. The second kappa shape index (κ2) is 11.8. The minimum Gasteiger partial charge on any atom is -0.497 e. The van der Waals surface area contributed by atoms with Crippen LogP contribution in [-0.4, -0.2) is 110 Å². The summed E-state index contributed by atoms with van der Waals surface area (Å²) in [6, 6.07) is 3.44. The molecule has 5 rings (SSSR count). The maximum Gasteiger partial charge on any atom is 0.284 e. The van der Waals surface area contributed by atoms with E-state index in [1.165, 1.54) is 41.6 Å². The SMILES string of the molecule is COc1cc(C)c(S(=O)(=O)N(Cc2nnc(C(=O)N3CCN(CC4CCN(C)CC4)CC3)s2)C2CC2)c(C)c1. The average molecular weight is 577 g/mol. The molecule has 3 aliphatic rings. The molecule has 3 heterocycles. The van der Waals surface area contributed by atoms with Crippen molar-refractivity contribution >= 4 is 27.3 Å². The number of ether oxygens (including phenoxy) is 1. The zero-order chi connectivity index (χ0) is 27.7. The van der Waals surface area contributed by atoms with Gasteiger partial charge in [0.2, 0.25) is 15.0 Å². The van der Waals surface area contributed by atoms with Crippen LogP contribution in [0.5, 0.6) is 5.75 Å². The van der Waals surface area contributed by atoms with Crippen LogP contribution in [0, 0.1) is 19.8 Å². The zero-order valence-corrected chi connectivity index (χ0v) is 25.1. The Balaban J connectivity index is 1.22. The Morgan fingerprint density at radius 1 is 1.03 bits per heavy atom. The van der Waals surface area contributed by atoms with Gasteiger partial charge < -0.3 is 14.5 Å². The minimum absolute atomic E-state index is 0.0587. The Morgan fingerprint density at radius 3 is 2.26 bits per heavy atom. The maximum atomic E-state index is 13.8. The van der Waals surface area contributed by atoms with Crippen LogP contribution in [0.15, 0.2) is 17.0 Å². The Kier molecular flexibility index (Phi) is 8.58. The molecular formula is C27H40N6O4S2. The van der Waals surface area contributed by atoms with Gasteiger partial charge in [0.15, 0.2) is 0 Å². The first kappa shape index (κ1) is 28.4. The number of rotatable bonds is 9. The van der Waals surface area contributed by atoms with Crippen molar-refractivity contribution < 1.29 is 17.9 Å². The molecule has 12 heteroatoms. The van der Waals surface area contributed by atoms with Crippen molar-refractivity contribution in [3.8, 4) is 5.75 Å². The molecule has 1 saturated carbocycles. The predicted octanol–water partition coefficient (Wildman–Crippen LogP) is 2.62.